The first-order chi connectivity index (χ1) is 16.4. The number of nitrogens with zero attached hydrogens (tertiary/aromatic N) is 1. The molecule has 9 heteroatoms. The summed E-state index contributed by atoms with van der Waals surface area (Å²) in [6.45, 7) is 0.348. The molecule has 0 aliphatic carbocycles. The van der Waals surface area contributed by atoms with Crippen molar-refractivity contribution in [1.29, 1.82) is 0 Å². The van der Waals surface area contributed by atoms with E-state index in [4.69, 9.17) is 32.7 Å². The topological polar surface area (TPSA) is 55.8 Å². The Kier molecular flexibility index (Phi) is 7.88. The van der Waals surface area contributed by atoms with Crippen LogP contribution in [0.25, 0.3) is 6.08 Å². The van der Waals surface area contributed by atoms with E-state index in [2.05, 4.69) is 15.9 Å². The fraction of sp³-hybridized carbons (Fsp3) is 0.120. The Balaban J connectivity index is 1.60. The van der Waals surface area contributed by atoms with Gasteiger partial charge in [0.1, 0.15) is 6.61 Å². The number of amides is 2. The van der Waals surface area contributed by atoms with Crippen molar-refractivity contribution in [3.05, 3.63) is 96.8 Å². The van der Waals surface area contributed by atoms with Crippen LogP contribution in [-0.2, 0) is 17.9 Å². The van der Waals surface area contributed by atoms with Crippen molar-refractivity contribution in [3.8, 4) is 11.5 Å². The van der Waals surface area contributed by atoms with Crippen LogP contribution in [-0.4, -0.2) is 23.2 Å². The lowest BCUT2D eigenvalue weighted by Gasteiger charge is -2.15. The van der Waals surface area contributed by atoms with Crippen LogP contribution in [0.2, 0.25) is 10.0 Å². The predicted octanol–water partition coefficient (Wildman–Crippen LogP) is 7.58. The molecule has 2 amide bonds. The average Bonchev–Trinajstić information content (AvgIpc) is 3.07. The molecule has 0 spiro atoms. The van der Waals surface area contributed by atoms with E-state index in [-0.39, 0.29) is 24.3 Å². The van der Waals surface area contributed by atoms with Crippen molar-refractivity contribution in [2.45, 2.75) is 13.2 Å². The van der Waals surface area contributed by atoms with Gasteiger partial charge in [-0.05, 0) is 47.7 Å². The lowest BCUT2D eigenvalue weighted by atomic mass is 10.1. The van der Waals surface area contributed by atoms with E-state index in [1.807, 2.05) is 24.3 Å². The Bertz CT molecular complexity index is 1300. The predicted molar refractivity (Wildman–Crippen MR) is 139 cm³/mol. The third kappa shape index (κ3) is 5.44. The van der Waals surface area contributed by atoms with Gasteiger partial charge in [0.25, 0.3) is 11.1 Å². The molecule has 0 N–H and O–H groups in total. The number of imide groups is 1. The largest absolute Gasteiger partial charge is 0.493 e. The van der Waals surface area contributed by atoms with E-state index in [0.717, 1.165) is 27.4 Å². The minimum Gasteiger partial charge on any atom is -0.493 e. The summed E-state index contributed by atoms with van der Waals surface area (Å²) in [5.74, 6) is 0.570. The quantitative estimate of drug-likeness (QED) is 0.270. The average molecular weight is 579 g/mol. The zero-order valence-corrected chi connectivity index (χ0v) is 21.8. The highest BCUT2D eigenvalue weighted by molar-refractivity contribution is 9.10. The monoisotopic (exact) mass is 577 g/mol. The highest BCUT2D eigenvalue weighted by Crippen LogP contribution is 2.39. The molecule has 1 fully saturated rings. The summed E-state index contributed by atoms with van der Waals surface area (Å²) in [5.41, 5.74) is 2.20. The van der Waals surface area contributed by atoms with Gasteiger partial charge in [0.05, 0.1) is 18.6 Å². The smallest absolute Gasteiger partial charge is 0.293 e. The molecule has 3 aromatic rings. The standard InChI is InChI=1S/C25H18BrCl2NO4S/c1-32-21-8-4-6-15(23(21)33-14-17-9-10-18(27)12-20(17)28)11-22-24(30)29(25(31)34-22)13-16-5-2-3-7-19(16)26/h2-12H,13-14H2,1H3/b22-11-. The molecule has 1 aliphatic rings. The number of hydrogen-bond donors (Lipinski definition) is 0. The Labute approximate surface area is 219 Å². The molecule has 174 valence electrons. The summed E-state index contributed by atoms with van der Waals surface area (Å²) in [7, 11) is 1.53. The Morgan fingerprint density at radius 3 is 2.56 bits per heavy atom. The number of benzene rings is 3. The van der Waals surface area contributed by atoms with Gasteiger partial charge in [-0.25, -0.2) is 0 Å². The second-order valence-corrected chi connectivity index (χ2v) is 9.95. The Hall–Kier alpha value is -2.45. The van der Waals surface area contributed by atoms with Crippen LogP contribution in [0.4, 0.5) is 4.79 Å². The number of rotatable bonds is 7. The lowest BCUT2D eigenvalue weighted by molar-refractivity contribution is -0.123. The van der Waals surface area contributed by atoms with Crippen molar-refractivity contribution in [1.82, 2.24) is 4.90 Å². The second-order valence-electron chi connectivity index (χ2n) is 7.26. The third-order valence-electron chi connectivity index (χ3n) is 5.06. The van der Waals surface area contributed by atoms with Gasteiger partial charge in [-0.2, -0.15) is 0 Å². The third-order valence-corrected chi connectivity index (χ3v) is 7.33. The first kappa shape index (κ1) is 24.7. The van der Waals surface area contributed by atoms with E-state index >= 15 is 0 Å². The molecule has 1 aliphatic heterocycles. The van der Waals surface area contributed by atoms with Crippen LogP contribution in [0.15, 0.2) is 70.0 Å². The fourth-order valence-electron chi connectivity index (χ4n) is 3.32. The van der Waals surface area contributed by atoms with E-state index in [1.165, 1.54) is 12.0 Å². The van der Waals surface area contributed by atoms with E-state index in [1.54, 1.807) is 42.5 Å². The number of thioether (sulfide) groups is 1. The van der Waals surface area contributed by atoms with Crippen LogP contribution < -0.4 is 9.47 Å². The summed E-state index contributed by atoms with van der Waals surface area (Å²) in [4.78, 5) is 27.2. The molecule has 4 rings (SSSR count). The molecule has 0 saturated carbocycles. The number of carbonyl (C=O) groups is 2. The minimum atomic E-state index is -0.361. The molecule has 1 heterocycles. The number of para-hydroxylation sites is 1. The first-order valence-corrected chi connectivity index (χ1v) is 12.5. The molecule has 1 saturated heterocycles. The van der Waals surface area contributed by atoms with Gasteiger partial charge >= 0.3 is 0 Å². The maximum atomic E-state index is 13.1. The summed E-state index contributed by atoms with van der Waals surface area (Å²) in [5, 5.41) is 0.687. The molecular formula is C25H18BrCl2NO4S. The summed E-state index contributed by atoms with van der Waals surface area (Å²) < 4.78 is 12.4. The van der Waals surface area contributed by atoms with Gasteiger partial charge in [0, 0.05) is 25.6 Å². The summed E-state index contributed by atoms with van der Waals surface area (Å²) in [6.07, 6.45) is 1.65. The molecule has 0 radical (unpaired) electrons. The fourth-order valence-corrected chi connectivity index (χ4v) is 5.03. The highest BCUT2D eigenvalue weighted by atomic mass is 79.9. The van der Waals surface area contributed by atoms with E-state index in [9.17, 15) is 9.59 Å². The van der Waals surface area contributed by atoms with Crippen LogP contribution in [0.5, 0.6) is 11.5 Å². The number of ether oxygens (including phenoxy) is 2. The minimum absolute atomic E-state index is 0.167. The molecule has 3 aromatic carbocycles. The highest BCUT2D eigenvalue weighted by Gasteiger charge is 2.35. The Morgan fingerprint density at radius 2 is 1.82 bits per heavy atom. The molecular weight excluding hydrogens is 561 g/mol. The molecule has 0 unspecified atom stereocenters. The SMILES string of the molecule is COc1cccc(/C=C2\SC(=O)N(Cc3ccccc3Br)C2=O)c1OCc1ccc(Cl)cc1Cl. The Morgan fingerprint density at radius 1 is 1.03 bits per heavy atom. The van der Waals surface area contributed by atoms with Crippen LogP contribution >= 0.6 is 50.9 Å². The molecule has 5 nitrogen and oxygen atoms in total. The van der Waals surface area contributed by atoms with Gasteiger partial charge in [0.2, 0.25) is 0 Å². The maximum Gasteiger partial charge on any atom is 0.293 e. The van der Waals surface area contributed by atoms with Gasteiger partial charge in [-0.15, -0.1) is 0 Å². The molecule has 0 aromatic heterocycles. The number of halogens is 3. The number of hydrogen-bond acceptors (Lipinski definition) is 5. The van der Waals surface area contributed by atoms with Gasteiger partial charge in [-0.1, -0.05) is 75.5 Å². The van der Waals surface area contributed by atoms with E-state index in [0.29, 0.717) is 32.0 Å². The zero-order valence-electron chi connectivity index (χ0n) is 17.9. The first-order valence-electron chi connectivity index (χ1n) is 10.1. The summed E-state index contributed by atoms with van der Waals surface area (Å²) >= 11 is 16.6. The van der Waals surface area contributed by atoms with Crippen molar-refractivity contribution >= 4 is 68.1 Å². The number of methoxy groups -OCH3 is 1. The lowest BCUT2D eigenvalue weighted by Crippen LogP contribution is -2.27. The molecule has 0 atom stereocenters. The van der Waals surface area contributed by atoms with E-state index < -0.39 is 0 Å². The van der Waals surface area contributed by atoms with Crippen molar-refractivity contribution in [2.75, 3.05) is 7.11 Å². The van der Waals surface area contributed by atoms with Crippen molar-refractivity contribution in [2.24, 2.45) is 0 Å². The van der Waals surface area contributed by atoms with Crippen LogP contribution in [0, 0.1) is 0 Å². The van der Waals surface area contributed by atoms with Gasteiger partial charge < -0.3 is 9.47 Å². The van der Waals surface area contributed by atoms with Crippen LogP contribution in [0.3, 0.4) is 0 Å². The van der Waals surface area contributed by atoms with Crippen LogP contribution in [0.1, 0.15) is 16.7 Å². The number of carbonyl (C=O) groups excluding carboxylic acids is 2. The van der Waals surface area contributed by atoms with Crippen molar-refractivity contribution < 1.29 is 19.1 Å². The molecule has 34 heavy (non-hydrogen) atoms. The van der Waals surface area contributed by atoms with Gasteiger partial charge in [0.15, 0.2) is 11.5 Å². The zero-order chi connectivity index (χ0) is 24.2. The molecule has 0 bridgehead atoms. The maximum absolute atomic E-state index is 13.1. The summed E-state index contributed by atoms with van der Waals surface area (Å²) in [6, 6.07) is 18.0. The van der Waals surface area contributed by atoms with Gasteiger partial charge in [-0.3, -0.25) is 14.5 Å². The van der Waals surface area contributed by atoms with Crippen molar-refractivity contribution in [3.63, 3.8) is 0 Å². The normalized spacial score (nSPS) is 14.7. The second kappa shape index (κ2) is 10.9.